The number of para-hydroxylation sites is 2. The van der Waals surface area contributed by atoms with Gasteiger partial charge >= 0.3 is 0 Å². The van der Waals surface area contributed by atoms with Gasteiger partial charge < -0.3 is 9.32 Å². The average Bonchev–Trinajstić information content (AvgIpc) is 3.75. The van der Waals surface area contributed by atoms with Gasteiger partial charge in [0.25, 0.3) is 0 Å². The summed E-state index contributed by atoms with van der Waals surface area (Å²) in [6.45, 7) is 0. The smallest absolute Gasteiger partial charge is 0.159 e. The third-order valence-corrected chi connectivity index (χ3v) is 9.33. The zero-order valence-corrected chi connectivity index (χ0v) is 28.4. The van der Waals surface area contributed by atoms with Gasteiger partial charge in [-0.05, 0) is 97.7 Å². The Morgan fingerprint density at radius 3 is 1.91 bits per heavy atom. The summed E-state index contributed by atoms with van der Waals surface area (Å²) in [5.41, 5.74) is 2.68. The molecule has 1 aromatic heterocycles. The number of hydrogen-bond donors (Lipinski definition) is 0. The topological polar surface area (TPSA) is 16.4 Å². The molecule has 0 unspecified atom stereocenters. The molecule has 0 radical (unpaired) electrons. The van der Waals surface area contributed by atoms with E-state index >= 15 is 0 Å². The second kappa shape index (κ2) is 13.4. The van der Waals surface area contributed by atoms with Gasteiger partial charge in [0.2, 0.25) is 0 Å². The third kappa shape index (κ3) is 5.62. The fourth-order valence-corrected chi connectivity index (χ4v) is 6.83. The summed E-state index contributed by atoms with van der Waals surface area (Å²) >= 11 is 0. The van der Waals surface area contributed by atoms with Crippen molar-refractivity contribution in [2.45, 2.75) is 0 Å². The molecule has 10 rings (SSSR count). The Morgan fingerprint density at radius 2 is 1.11 bits per heavy atom. The minimum atomic E-state index is -0.791. The van der Waals surface area contributed by atoms with Crippen molar-refractivity contribution < 1.29 is 25.0 Å². The normalized spacial score (nSPS) is 15.2. The molecule has 1 heterocycles. The summed E-state index contributed by atoms with van der Waals surface area (Å²) in [6, 6.07) is 26.8. The Balaban J connectivity index is 1.29. The second-order valence-corrected chi connectivity index (χ2v) is 12.5. The monoisotopic (exact) mass is 704 g/mol. The highest BCUT2D eigenvalue weighted by molar-refractivity contribution is 6.10. The van der Waals surface area contributed by atoms with Crippen LogP contribution in [-0.2, 0) is 0 Å². The highest BCUT2D eigenvalue weighted by Crippen LogP contribution is 2.45. The van der Waals surface area contributed by atoms with Crippen molar-refractivity contribution in [2.75, 3.05) is 4.90 Å². The van der Waals surface area contributed by atoms with Crippen LogP contribution >= 0.6 is 0 Å². The molecule has 10 aromatic rings. The van der Waals surface area contributed by atoms with Crippen LogP contribution in [0.25, 0.3) is 77.2 Å². The highest BCUT2D eigenvalue weighted by Gasteiger charge is 2.21. The van der Waals surface area contributed by atoms with E-state index in [9.17, 15) is 9.60 Å². The van der Waals surface area contributed by atoms with E-state index in [0.29, 0.717) is 27.9 Å². The Labute approximate surface area is 335 Å². The van der Waals surface area contributed by atoms with E-state index < -0.39 is 124 Å². The first-order chi connectivity index (χ1) is 33.0. The molecule has 0 aliphatic rings. The van der Waals surface area contributed by atoms with Crippen molar-refractivity contribution in [3.05, 3.63) is 212 Å². The summed E-state index contributed by atoms with van der Waals surface area (Å²) in [5.74, 6) is 0. The van der Waals surface area contributed by atoms with Crippen molar-refractivity contribution in [1.82, 2.24) is 0 Å². The van der Waals surface area contributed by atoms with Crippen LogP contribution in [0.4, 0.5) is 17.1 Å². The summed E-state index contributed by atoms with van der Waals surface area (Å²) < 4.78 is 142. The van der Waals surface area contributed by atoms with Gasteiger partial charge in [0.15, 0.2) is 5.58 Å². The first-order valence-electron chi connectivity index (χ1n) is 24.7. The summed E-state index contributed by atoms with van der Waals surface area (Å²) in [5, 5.41) is 0.520. The molecule has 0 saturated heterocycles. The molecule has 2 heteroatoms. The van der Waals surface area contributed by atoms with Gasteiger partial charge in [-0.25, -0.2) is 0 Å². The van der Waals surface area contributed by atoms with Gasteiger partial charge in [-0.1, -0.05) is 170 Å². The van der Waals surface area contributed by atoms with E-state index in [1.165, 1.54) is 0 Å². The molecule has 0 saturated carbocycles. The van der Waals surface area contributed by atoms with E-state index in [4.69, 9.17) is 15.4 Å². The molecular weight excluding hydrogens is 655 g/mol. The van der Waals surface area contributed by atoms with Crippen LogP contribution in [0.2, 0.25) is 0 Å². The quantitative estimate of drug-likeness (QED) is 0.164. The number of nitrogens with zero attached hydrogens (tertiary/aromatic N) is 1. The van der Waals surface area contributed by atoms with Gasteiger partial charge in [0.1, 0.15) is 5.58 Å². The van der Waals surface area contributed by atoms with Crippen LogP contribution in [0, 0.1) is 0 Å². The lowest BCUT2D eigenvalue weighted by Gasteiger charge is -2.27. The Hall–Kier alpha value is -7.16. The highest BCUT2D eigenvalue weighted by atomic mass is 16.3. The number of fused-ring (bicyclic) bond motifs is 4. The largest absolute Gasteiger partial charge is 0.454 e. The first kappa shape index (κ1) is 19.6. The van der Waals surface area contributed by atoms with E-state index in [-0.39, 0.29) is 5.69 Å². The summed E-state index contributed by atoms with van der Waals surface area (Å²) in [4.78, 5) is 1.58. The number of hydrogen-bond acceptors (Lipinski definition) is 2. The minimum Gasteiger partial charge on any atom is -0.454 e. The molecule has 2 nitrogen and oxygen atoms in total. The van der Waals surface area contributed by atoms with Crippen molar-refractivity contribution in [1.29, 1.82) is 0 Å². The lowest BCUT2D eigenvalue weighted by molar-refractivity contribution is 0.669. The Bertz CT molecular complexity index is 3740. The van der Waals surface area contributed by atoms with Gasteiger partial charge in [-0.3, -0.25) is 0 Å². The Kier molecular flexibility index (Phi) is 4.88. The van der Waals surface area contributed by atoms with E-state index in [1.807, 2.05) is 109 Å². The molecule has 54 heavy (non-hydrogen) atoms. The molecule has 9 aromatic carbocycles. The van der Waals surface area contributed by atoms with Crippen LogP contribution in [-0.4, -0.2) is 0 Å². The van der Waals surface area contributed by atoms with Gasteiger partial charge in [-0.2, -0.15) is 0 Å². The SMILES string of the molecule is [2H]c1c([2H])c([2H])c(-c2c([2H])c([2H])c([2H])c3c([2H])c([2H])c(-c4c([2H])c([2H])c(N(c5ccc(-c6ccccc6)c(-c6ccccc6)c5)c5cccc6c5oc5ccccc56)c([2H])c4[2H])c([2H])c23)c([2H])c1[2H]. The van der Waals surface area contributed by atoms with Crippen LogP contribution in [0.3, 0.4) is 0 Å². The molecule has 254 valence electrons. The van der Waals surface area contributed by atoms with Crippen LogP contribution < -0.4 is 4.90 Å². The average molecular weight is 705 g/mol. The van der Waals surface area contributed by atoms with Crippen molar-refractivity contribution in [3.63, 3.8) is 0 Å². The molecule has 0 N–H and O–H groups in total. The van der Waals surface area contributed by atoms with Gasteiger partial charge in [0, 0.05) is 22.1 Å². The van der Waals surface area contributed by atoms with Crippen molar-refractivity contribution in [2.24, 2.45) is 0 Å². The van der Waals surface area contributed by atoms with Crippen LogP contribution in [0.5, 0.6) is 0 Å². The van der Waals surface area contributed by atoms with Crippen LogP contribution in [0.15, 0.2) is 216 Å². The fraction of sp³-hybridized carbons (Fsp3) is 0. The zero-order valence-electron chi connectivity index (χ0n) is 43.4. The fourth-order valence-electron chi connectivity index (χ4n) is 6.83. The molecule has 0 bridgehead atoms. The zero-order chi connectivity index (χ0) is 48.9. The maximum Gasteiger partial charge on any atom is 0.159 e. The predicted octanol–water partition coefficient (Wildman–Crippen LogP) is 14.9. The molecule has 0 atom stereocenters. The van der Waals surface area contributed by atoms with Gasteiger partial charge in [-0.15, -0.1) is 0 Å². The van der Waals surface area contributed by atoms with E-state index in [2.05, 4.69) is 0 Å². The van der Waals surface area contributed by atoms with Crippen LogP contribution in [0.1, 0.15) is 20.6 Å². The van der Waals surface area contributed by atoms with Gasteiger partial charge in [0.05, 0.1) is 26.2 Å². The molecule has 0 aliphatic carbocycles. The number of benzene rings is 9. The third-order valence-electron chi connectivity index (χ3n) is 9.33. The maximum atomic E-state index is 9.79. The molecular formula is C52H35NO. The molecule has 0 amide bonds. The second-order valence-electron chi connectivity index (χ2n) is 12.5. The summed E-state index contributed by atoms with van der Waals surface area (Å²) in [6.07, 6.45) is 0. The molecule has 0 spiro atoms. The van der Waals surface area contributed by atoms with E-state index in [0.717, 1.165) is 27.6 Å². The molecule has 0 fully saturated rings. The number of rotatable bonds is 7. The summed E-state index contributed by atoms with van der Waals surface area (Å²) in [7, 11) is 0. The van der Waals surface area contributed by atoms with Crippen molar-refractivity contribution >= 4 is 49.8 Å². The predicted molar refractivity (Wildman–Crippen MR) is 228 cm³/mol. The lowest BCUT2D eigenvalue weighted by atomic mass is 9.93. The number of anilines is 3. The lowest BCUT2D eigenvalue weighted by Crippen LogP contribution is -2.10. The maximum absolute atomic E-state index is 9.79. The first-order valence-corrected chi connectivity index (χ1v) is 17.2. The van der Waals surface area contributed by atoms with Crippen molar-refractivity contribution in [3.8, 4) is 44.5 Å². The minimum absolute atomic E-state index is 0.223. The van der Waals surface area contributed by atoms with E-state index in [1.54, 1.807) is 17.0 Å². The Morgan fingerprint density at radius 1 is 0.407 bits per heavy atom. The number of furan rings is 1. The molecule has 0 aliphatic heterocycles. The standard InChI is InChI=1S/C52H35NO/c1-4-14-37(15-5-1)44-22-12-20-40-26-27-41(34-48(40)44)36-28-30-42(31-29-36)53(50-24-13-23-47-46-21-10-11-25-51(46)54-52(47)50)43-32-33-45(38-16-6-2-7-17-38)49(35-43)39-18-8-3-9-19-39/h1-35H/i1D,4D,5D,12D,14D,15D,20D,22D,26D,27D,28D,29D,30D,31D,34D.